The predicted octanol–water partition coefficient (Wildman–Crippen LogP) is 7.14. The highest BCUT2D eigenvalue weighted by molar-refractivity contribution is 5.66. The van der Waals surface area contributed by atoms with Gasteiger partial charge in [0, 0.05) is 0 Å². The number of hydrogen-bond donors (Lipinski definition) is 0. The fourth-order valence-corrected chi connectivity index (χ4v) is 2.63. The van der Waals surface area contributed by atoms with E-state index >= 15 is 0 Å². The van der Waals surface area contributed by atoms with E-state index in [9.17, 15) is 0 Å². The van der Waals surface area contributed by atoms with Crippen molar-refractivity contribution in [2.45, 2.75) is 6.92 Å². The fraction of sp³-hybridized carbons (Fsp3) is 0.0400. The molecule has 0 unspecified atom stereocenters. The van der Waals surface area contributed by atoms with E-state index < -0.39 is 0 Å². The van der Waals surface area contributed by atoms with Crippen LogP contribution in [-0.4, -0.2) is 0 Å². The van der Waals surface area contributed by atoms with Crippen molar-refractivity contribution in [1.82, 2.24) is 0 Å². The van der Waals surface area contributed by atoms with Gasteiger partial charge < -0.3 is 4.74 Å². The van der Waals surface area contributed by atoms with Crippen LogP contribution in [0.4, 0.5) is 0 Å². The van der Waals surface area contributed by atoms with Gasteiger partial charge in [-0.15, -0.1) is 0 Å². The molecule has 1 nitrogen and oxygen atoms in total. The molecular formula is C25H22O. The van der Waals surface area contributed by atoms with E-state index in [1.165, 1.54) is 16.7 Å². The van der Waals surface area contributed by atoms with Crippen molar-refractivity contribution in [3.63, 3.8) is 0 Å². The molecule has 0 saturated heterocycles. The third kappa shape index (κ3) is 5.09. The van der Waals surface area contributed by atoms with E-state index in [1.807, 2.05) is 66.7 Å². The van der Waals surface area contributed by atoms with Crippen LogP contribution in [0.15, 0.2) is 115 Å². The second-order valence-corrected chi connectivity index (χ2v) is 5.91. The Kier molecular flexibility index (Phi) is 6.22. The molecule has 0 atom stereocenters. The quantitative estimate of drug-likeness (QED) is 0.386. The molecule has 4 aromatic rings. The normalized spacial score (nSPS) is 9.73. The van der Waals surface area contributed by atoms with Crippen molar-refractivity contribution in [2.75, 3.05) is 0 Å². The first-order valence-corrected chi connectivity index (χ1v) is 8.72. The first-order chi connectivity index (χ1) is 12.8. The van der Waals surface area contributed by atoms with Crippen molar-refractivity contribution in [2.24, 2.45) is 0 Å². The molecule has 0 amide bonds. The summed E-state index contributed by atoms with van der Waals surface area (Å²) in [6.45, 7) is 2.14. The minimum absolute atomic E-state index is 0.869. The summed E-state index contributed by atoms with van der Waals surface area (Å²) in [7, 11) is 0. The molecule has 0 aromatic heterocycles. The van der Waals surface area contributed by atoms with Crippen LogP contribution in [0.5, 0.6) is 11.5 Å². The third-order valence-corrected chi connectivity index (χ3v) is 3.95. The van der Waals surface area contributed by atoms with E-state index in [0.29, 0.717) is 0 Å². The minimum atomic E-state index is 0.869. The van der Waals surface area contributed by atoms with Crippen molar-refractivity contribution < 1.29 is 4.74 Å². The van der Waals surface area contributed by atoms with Crippen molar-refractivity contribution in [3.8, 4) is 22.6 Å². The van der Waals surface area contributed by atoms with Crippen LogP contribution < -0.4 is 4.74 Å². The smallest absolute Gasteiger partial charge is 0.127 e. The first kappa shape index (κ1) is 17.5. The lowest BCUT2D eigenvalue weighted by molar-refractivity contribution is 0.482. The molecule has 1 heteroatoms. The number of benzene rings is 4. The van der Waals surface area contributed by atoms with Crippen LogP contribution in [0.25, 0.3) is 11.1 Å². The summed E-state index contributed by atoms with van der Waals surface area (Å²) in [4.78, 5) is 0. The number of aryl methyl sites for hydroxylation is 1. The topological polar surface area (TPSA) is 9.23 Å². The van der Waals surface area contributed by atoms with Gasteiger partial charge in [0.1, 0.15) is 11.5 Å². The van der Waals surface area contributed by atoms with Crippen molar-refractivity contribution >= 4 is 0 Å². The Morgan fingerprint density at radius 1 is 0.462 bits per heavy atom. The second kappa shape index (κ2) is 9.24. The van der Waals surface area contributed by atoms with Crippen LogP contribution in [0.2, 0.25) is 0 Å². The Labute approximate surface area is 155 Å². The third-order valence-electron chi connectivity index (χ3n) is 3.95. The molecular weight excluding hydrogens is 316 g/mol. The second-order valence-electron chi connectivity index (χ2n) is 5.91. The van der Waals surface area contributed by atoms with E-state index in [-0.39, 0.29) is 0 Å². The van der Waals surface area contributed by atoms with Gasteiger partial charge in [0.05, 0.1) is 0 Å². The van der Waals surface area contributed by atoms with Gasteiger partial charge in [0.2, 0.25) is 0 Å². The molecule has 128 valence electrons. The minimum Gasteiger partial charge on any atom is -0.457 e. The Bertz CT molecular complexity index is 863. The van der Waals surface area contributed by atoms with Gasteiger partial charge in [-0.2, -0.15) is 0 Å². The average molecular weight is 338 g/mol. The van der Waals surface area contributed by atoms with E-state index in [2.05, 4.69) is 55.5 Å². The van der Waals surface area contributed by atoms with E-state index in [0.717, 1.165) is 11.5 Å². The monoisotopic (exact) mass is 338 g/mol. The molecule has 0 heterocycles. The summed E-state index contributed by atoms with van der Waals surface area (Å²) in [5.74, 6) is 1.74. The number of rotatable bonds is 3. The largest absolute Gasteiger partial charge is 0.457 e. The molecule has 0 saturated carbocycles. The van der Waals surface area contributed by atoms with Crippen molar-refractivity contribution in [3.05, 3.63) is 121 Å². The van der Waals surface area contributed by atoms with Gasteiger partial charge in [-0.1, -0.05) is 91.0 Å². The lowest BCUT2D eigenvalue weighted by Crippen LogP contribution is -1.81. The number of hydrogen-bond acceptors (Lipinski definition) is 1. The van der Waals surface area contributed by atoms with Crippen LogP contribution in [-0.2, 0) is 0 Å². The Morgan fingerprint density at radius 2 is 0.885 bits per heavy atom. The van der Waals surface area contributed by atoms with Gasteiger partial charge >= 0.3 is 0 Å². The highest BCUT2D eigenvalue weighted by atomic mass is 16.5. The zero-order valence-corrected chi connectivity index (χ0v) is 14.9. The fourth-order valence-electron chi connectivity index (χ4n) is 2.63. The van der Waals surface area contributed by atoms with Crippen molar-refractivity contribution in [1.29, 1.82) is 0 Å². The molecule has 0 bridgehead atoms. The van der Waals surface area contributed by atoms with Crippen LogP contribution in [0.1, 0.15) is 5.56 Å². The summed E-state index contributed by atoms with van der Waals surface area (Å²) >= 11 is 0. The Balaban J connectivity index is 0.000000151. The molecule has 0 fully saturated rings. The Hall–Kier alpha value is -3.32. The summed E-state index contributed by atoms with van der Waals surface area (Å²) in [5, 5.41) is 0. The number of ether oxygens (including phenoxy) is 1. The molecule has 0 aliphatic rings. The molecule has 0 aliphatic heterocycles. The molecule has 4 aromatic carbocycles. The lowest BCUT2D eigenvalue weighted by Gasteiger charge is -2.04. The van der Waals surface area contributed by atoms with Gasteiger partial charge in [-0.25, -0.2) is 0 Å². The molecule has 0 spiro atoms. The molecule has 26 heavy (non-hydrogen) atoms. The molecule has 0 N–H and O–H groups in total. The van der Waals surface area contributed by atoms with Crippen LogP contribution in [0.3, 0.4) is 0 Å². The van der Waals surface area contributed by atoms with E-state index in [4.69, 9.17) is 4.74 Å². The Morgan fingerprint density at radius 3 is 1.38 bits per heavy atom. The maximum atomic E-state index is 5.58. The highest BCUT2D eigenvalue weighted by Gasteiger charge is 1.97. The highest BCUT2D eigenvalue weighted by Crippen LogP contribution is 2.22. The maximum absolute atomic E-state index is 5.58. The summed E-state index contributed by atoms with van der Waals surface area (Å²) in [5.41, 5.74) is 3.94. The standard InChI is InChI=1S/C13H12.C12H10O/c1-11-7-5-6-10-13(11)12-8-3-2-4-9-12;1-3-7-11(8-4-1)13-12-9-5-2-6-10-12/h2-10H,1H3;1-10H. The summed E-state index contributed by atoms with van der Waals surface area (Å²) in [6.07, 6.45) is 0. The number of para-hydroxylation sites is 2. The maximum Gasteiger partial charge on any atom is 0.127 e. The van der Waals surface area contributed by atoms with Gasteiger partial charge in [-0.3, -0.25) is 0 Å². The lowest BCUT2D eigenvalue weighted by atomic mass is 10.0. The molecule has 4 rings (SSSR count). The zero-order valence-electron chi connectivity index (χ0n) is 14.9. The van der Waals surface area contributed by atoms with Gasteiger partial charge in [0.15, 0.2) is 0 Å². The molecule has 0 radical (unpaired) electrons. The summed E-state index contributed by atoms with van der Waals surface area (Å²) in [6, 6.07) is 38.4. The van der Waals surface area contributed by atoms with Crippen LogP contribution >= 0.6 is 0 Å². The SMILES string of the molecule is Cc1ccccc1-c1ccccc1.c1ccc(Oc2ccccc2)cc1. The average Bonchev–Trinajstić information content (AvgIpc) is 2.71. The van der Waals surface area contributed by atoms with E-state index in [1.54, 1.807) is 0 Å². The van der Waals surface area contributed by atoms with Gasteiger partial charge in [-0.05, 0) is 47.9 Å². The zero-order chi connectivity index (χ0) is 18.0. The van der Waals surface area contributed by atoms with Gasteiger partial charge in [0.25, 0.3) is 0 Å². The molecule has 0 aliphatic carbocycles. The predicted molar refractivity (Wildman–Crippen MR) is 110 cm³/mol. The first-order valence-electron chi connectivity index (χ1n) is 8.72. The van der Waals surface area contributed by atoms with Crippen LogP contribution in [0, 0.1) is 6.92 Å². The summed E-state index contributed by atoms with van der Waals surface area (Å²) < 4.78 is 5.58.